The predicted molar refractivity (Wildman–Crippen MR) is 75.9 cm³/mol. The molecule has 5 nitrogen and oxygen atoms in total. The van der Waals surface area contributed by atoms with Crippen molar-refractivity contribution in [2.24, 2.45) is 0 Å². The smallest absolute Gasteiger partial charge is 0.352 e. The highest BCUT2D eigenvalue weighted by molar-refractivity contribution is 5.92. The van der Waals surface area contributed by atoms with Gasteiger partial charge >= 0.3 is 5.97 Å². The van der Waals surface area contributed by atoms with E-state index in [1.54, 1.807) is 12.3 Å². The molecule has 0 unspecified atom stereocenters. The van der Waals surface area contributed by atoms with Gasteiger partial charge in [0.05, 0.1) is 0 Å². The number of anilines is 1. The molecule has 2 N–H and O–H groups in total. The molecule has 0 aliphatic carbocycles. The number of carbonyl (C=O) groups excluding carboxylic acids is 1. The number of rotatable bonds is 4. The molecule has 1 aromatic heterocycles. The minimum atomic E-state index is -1.05. The van der Waals surface area contributed by atoms with Crippen molar-refractivity contribution in [3.05, 3.63) is 53.3 Å². The van der Waals surface area contributed by atoms with Crippen LogP contribution in [-0.4, -0.2) is 21.6 Å². The molecule has 20 heavy (non-hydrogen) atoms. The Morgan fingerprint density at radius 3 is 2.70 bits per heavy atom. The van der Waals surface area contributed by atoms with Crippen molar-refractivity contribution >= 4 is 17.6 Å². The average Bonchev–Trinajstić information content (AvgIpc) is 2.82. The van der Waals surface area contributed by atoms with Gasteiger partial charge in [0.1, 0.15) is 12.2 Å². The zero-order valence-electron chi connectivity index (χ0n) is 11.4. The van der Waals surface area contributed by atoms with E-state index in [0.717, 1.165) is 16.8 Å². The third-order valence-electron chi connectivity index (χ3n) is 3.03. The summed E-state index contributed by atoms with van der Waals surface area (Å²) in [6.45, 7) is 3.83. The normalized spacial score (nSPS) is 10.3. The molecular weight excluding hydrogens is 256 g/mol. The number of amides is 1. The fourth-order valence-electron chi connectivity index (χ4n) is 1.96. The van der Waals surface area contributed by atoms with E-state index in [1.807, 2.05) is 32.0 Å². The summed E-state index contributed by atoms with van der Waals surface area (Å²) in [5, 5.41) is 11.8. The summed E-state index contributed by atoms with van der Waals surface area (Å²) < 4.78 is 1.41. The quantitative estimate of drug-likeness (QED) is 0.898. The number of carboxylic acid groups (broad SMARTS) is 1. The van der Waals surface area contributed by atoms with Crippen molar-refractivity contribution in [1.29, 1.82) is 0 Å². The first kappa shape index (κ1) is 13.9. The first-order valence-electron chi connectivity index (χ1n) is 6.23. The second-order valence-electron chi connectivity index (χ2n) is 4.69. The maximum atomic E-state index is 12.0. The Balaban J connectivity index is 2.11. The van der Waals surface area contributed by atoms with Gasteiger partial charge in [-0.1, -0.05) is 12.1 Å². The summed E-state index contributed by atoms with van der Waals surface area (Å²) in [6, 6.07) is 8.87. The number of carboxylic acids is 1. The van der Waals surface area contributed by atoms with Gasteiger partial charge in [0.2, 0.25) is 5.91 Å². The molecule has 104 valence electrons. The molecule has 0 aliphatic heterocycles. The van der Waals surface area contributed by atoms with E-state index in [0.29, 0.717) is 0 Å². The van der Waals surface area contributed by atoms with Gasteiger partial charge in [-0.2, -0.15) is 0 Å². The Labute approximate surface area is 116 Å². The number of benzene rings is 1. The molecule has 2 rings (SSSR count). The number of nitrogens with one attached hydrogen (secondary N) is 1. The molecule has 0 fully saturated rings. The van der Waals surface area contributed by atoms with Gasteiger partial charge in [-0.25, -0.2) is 4.79 Å². The third-order valence-corrected chi connectivity index (χ3v) is 3.03. The van der Waals surface area contributed by atoms with Gasteiger partial charge in [0, 0.05) is 11.9 Å². The second-order valence-corrected chi connectivity index (χ2v) is 4.69. The third kappa shape index (κ3) is 3.06. The molecule has 2 aromatic rings. The molecule has 0 atom stereocenters. The van der Waals surface area contributed by atoms with Crippen molar-refractivity contribution < 1.29 is 14.7 Å². The molecule has 0 radical (unpaired) electrons. The Bertz CT molecular complexity index is 659. The fraction of sp³-hybridized carbons (Fsp3) is 0.200. The zero-order chi connectivity index (χ0) is 14.7. The number of carbonyl (C=O) groups is 2. The van der Waals surface area contributed by atoms with Gasteiger partial charge in [-0.15, -0.1) is 0 Å². The van der Waals surface area contributed by atoms with Crippen LogP contribution < -0.4 is 5.32 Å². The fourth-order valence-corrected chi connectivity index (χ4v) is 1.96. The maximum absolute atomic E-state index is 12.0. The molecule has 0 saturated carbocycles. The minimum Gasteiger partial charge on any atom is -0.477 e. The lowest BCUT2D eigenvalue weighted by Crippen LogP contribution is -2.21. The largest absolute Gasteiger partial charge is 0.477 e. The average molecular weight is 272 g/mol. The lowest BCUT2D eigenvalue weighted by molar-refractivity contribution is -0.116. The van der Waals surface area contributed by atoms with Crippen molar-refractivity contribution in [3.63, 3.8) is 0 Å². The highest BCUT2D eigenvalue weighted by atomic mass is 16.4. The van der Waals surface area contributed by atoms with E-state index in [1.165, 1.54) is 10.6 Å². The van der Waals surface area contributed by atoms with Crippen LogP contribution >= 0.6 is 0 Å². The molecule has 5 heteroatoms. The number of nitrogens with zero attached hydrogens (tertiary/aromatic N) is 1. The van der Waals surface area contributed by atoms with Crippen LogP contribution in [0.2, 0.25) is 0 Å². The highest BCUT2D eigenvalue weighted by Gasteiger charge is 2.12. The summed E-state index contributed by atoms with van der Waals surface area (Å²) in [7, 11) is 0. The second kappa shape index (κ2) is 5.61. The zero-order valence-corrected chi connectivity index (χ0v) is 11.4. The Morgan fingerprint density at radius 2 is 2.00 bits per heavy atom. The van der Waals surface area contributed by atoms with E-state index in [4.69, 9.17) is 5.11 Å². The van der Waals surface area contributed by atoms with Gasteiger partial charge in [-0.3, -0.25) is 4.79 Å². The van der Waals surface area contributed by atoms with Crippen LogP contribution in [0.15, 0.2) is 36.5 Å². The SMILES string of the molecule is Cc1ccc(C)c(NC(=O)Cn2cccc2C(=O)O)c1. The predicted octanol–water partition coefficient (Wildman–Crippen LogP) is 2.44. The summed E-state index contributed by atoms with van der Waals surface area (Å²) in [4.78, 5) is 23.0. The molecule has 0 spiro atoms. The maximum Gasteiger partial charge on any atom is 0.352 e. The molecule has 1 aromatic carbocycles. The van der Waals surface area contributed by atoms with E-state index in [2.05, 4.69) is 5.32 Å². The van der Waals surface area contributed by atoms with E-state index >= 15 is 0 Å². The van der Waals surface area contributed by atoms with Crippen LogP contribution in [0.4, 0.5) is 5.69 Å². The number of hydrogen-bond donors (Lipinski definition) is 2. The van der Waals surface area contributed by atoms with Crippen molar-refractivity contribution in [2.45, 2.75) is 20.4 Å². The Hall–Kier alpha value is -2.56. The number of aromatic carboxylic acids is 1. The van der Waals surface area contributed by atoms with Gasteiger partial charge in [0.25, 0.3) is 0 Å². The Morgan fingerprint density at radius 1 is 1.25 bits per heavy atom. The molecule has 0 saturated heterocycles. The van der Waals surface area contributed by atoms with Crippen molar-refractivity contribution in [1.82, 2.24) is 4.57 Å². The van der Waals surface area contributed by atoms with Crippen molar-refractivity contribution in [2.75, 3.05) is 5.32 Å². The number of hydrogen-bond acceptors (Lipinski definition) is 2. The van der Waals surface area contributed by atoms with E-state index in [9.17, 15) is 9.59 Å². The van der Waals surface area contributed by atoms with Crippen LogP contribution in [-0.2, 0) is 11.3 Å². The van der Waals surface area contributed by atoms with Crippen LogP contribution in [0.25, 0.3) is 0 Å². The Kier molecular flexibility index (Phi) is 3.89. The number of aromatic nitrogens is 1. The topological polar surface area (TPSA) is 71.3 Å². The lowest BCUT2D eigenvalue weighted by atomic mass is 10.1. The van der Waals surface area contributed by atoms with Gasteiger partial charge < -0.3 is 15.0 Å². The minimum absolute atomic E-state index is 0.0258. The highest BCUT2D eigenvalue weighted by Crippen LogP contribution is 2.16. The first-order chi connectivity index (χ1) is 9.47. The monoisotopic (exact) mass is 272 g/mol. The number of aryl methyl sites for hydroxylation is 2. The van der Waals surface area contributed by atoms with Gasteiger partial charge in [-0.05, 0) is 43.2 Å². The lowest BCUT2D eigenvalue weighted by Gasteiger charge is -2.10. The standard InChI is InChI=1S/C15H16N2O3/c1-10-5-6-11(2)12(8-10)16-14(18)9-17-7-3-4-13(17)15(19)20/h3-8H,9H2,1-2H3,(H,16,18)(H,19,20). The van der Waals surface area contributed by atoms with E-state index in [-0.39, 0.29) is 18.1 Å². The summed E-state index contributed by atoms with van der Waals surface area (Å²) in [6.07, 6.45) is 1.58. The van der Waals surface area contributed by atoms with Crippen molar-refractivity contribution in [3.8, 4) is 0 Å². The van der Waals surface area contributed by atoms with Crippen LogP contribution in [0.5, 0.6) is 0 Å². The van der Waals surface area contributed by atoms with Crippen LogP contribution in [0, 0.1) is 13.8 Å². The summed E-state index contributed by atoms with van der Waals surface area (Å²) in [5.41, 5.74) is 2.87. The molecule has 1 amide bonds. The van der Waals surface area contributed by atoms with Gasteiger partial charge in [0.15, 0.2) is 0 Å². The van der Waals surface area contributed by atoms with Crippen LogP contribution in [0.3, 0.4) is 0 Å². The van der Waals surface area contributed by atoms with E-state index < -0.39 is 5.97 Å². The summed E-state index contributed by atoms with van der Waals surface area (Å²) in [5.74, 6) is -1.30. The molecule has 0 bridgehead atoms. The molecule has 1 heterocycles. The molecule has 0 aliphatic rings. The molecular formula is C15H16N2O3. The summed E-state index contributed by atoms with van der Waals surface area (Å²) >= 11 is 0. The van der Waals surface area contributed by atoms with Crippen LogP contribution in [0.1, 0.15) is 21.6 Å². The first-order valence-corrected chi connectivity index (χ1v) is 6.23.